The first kappa shape index (κ1) is 9.34. The third-order valence-electron chi connectivity index (χ3n) is 2.56. The van der Waals surface area contributed by atoms with Gasteiger partial charge in [0.25, 0.3) is 0 Å². The summed E-state index contributed by atoms with van der Waals surface area (Å²) in [7, 11) is 0. The van der Waals surface area contributed by atoms with Crippen LogP contribution in [0.3, 0.4) is 0 Å². The highest BCUT2D eigenvalue weighted by atomic mass is 16.5. The minimum absolute atomic E-state index is 0.363. The summed E-state index contributed by atoms with van der Waals surface area (Å²) in [6.45, 7) is 5.37. The molecule has 0 saturated carbocycles. The molecule has 1 heterocycles. The lowest BCUT2D eigenvalue weighted by molar-refractivity contribution is 0.122. The van der Waals surface area contributed by atoms with Crippen LogP contribution in [0.1, 0.15) is 5.56 Å². The molecule has 1 saturated heterocycles. The highest BCUT2D eigenvalue weighted by Gasteiger charge is 2.11. The van der Waals surface area contributed by atoms with Crippen molar-refractivity contribution in [2.24, 2.45) is 0 Å². The Morgan fingerprint density at radius 1 is 1.29 bits per heavy atom. The van der Waals surface area contributed by atoms with Crippen LogP contribution in [0.4, 0.5) is 5.69 Å². The van der Waals surface area contributed by atoms with Crippen molar-refractivity contribution in [3.8, 4) is 5.75 Å². The van der Waals surface area contributed by atoms with E-state index in [0.29, 0.717) is 5.75 Å². The molecule has 0 radical (unpaired) electrons. The number of hydrogen-bond acceptors (Lipinski definition) is 3. The van der Waals surface area contributed by atoms with Gasteiger partial charge in [0.2, 0.25) is 0 Å². The number of anilines is 1. The molecule has 3 heteroatoms. The minimum atomic E-state index is 0.363. The summed E-state index contributed by atoms with van der Waals surface area (Å²) in [4.78, 5) is 2.27. The molecule has 1 N–H and O–H groups in total. The van der Waals surface area contributed by atoms with Crippen molar-refractivity contribution < 1.29 is 9.84 Å². The fraction of sp³-hybridized carbons (Fsp3) is 0.455. The van der Waals surface area contributed by atoms with E-state index in [1.807, 2.05) is 19.1 Å². The maximum Gasteiger partial charge on any atom is 0.118 e. The molecule has 2 rings (SSSR count). The van der Waals surface area contributed by atoms with Gasteiger partial charge in [-0.25, -0.2) is 0 Å². The number of aryl methyl sites for hydroxylation is 1. The number of ether oxygens (including phenoxy) is 1. The number of aromatic hydroxyl groups is 1. The Labute approximate surface area is 83.9 Å². The molecule has 0 amide bonds. The predicted octanol–water partition coefficient (Wildman–Crippen LogP) is 1.54. The monoisotopic (exact) mass is 193 g/mol. The van der Waals surface area contributed by atoms with E-state index in [2.05, 4.69) is 4.90 Å². The van der Waals surface area contributed by atoms with E-state index in [4.69, 9.17) is 4.74 Å². The summed E-state index contributed by atoms with van der Waals surface area (Å²) >= 11 is 0. The van der Waals surface area contributed by atoms with Crippen LogP contribution in [0.15, 0.2) is 18.2 Å². The van der Waals surface area contributed by atoms with Crippen molar-refractivity contribution in [3.05, 3.63) is 23.8 Å². The number of hydrogen-bond donors (Lipinski definition) is 1. The average molecular weight is 193 g/mol. The first-order chi connectivity index (χ1) is 6.77. The lowest BCUT2D eigenvalue weighted by Crippen LogP contribution is -2.36. The predicted molar refractivity (Wildman–Crippen MR) is 55.9 cm³/mol. The van der Waals surface area contributed by atoms with Crippen LogP contribution in [0.2, 0.25) is 0 Å². The van der Waals surface area contributed by atoms with Gasteiger partial charge in [-0.2, -0.15) is 0 Å². The van der Waals surface area contributed by atoms with E-state index >= 15 is 0 Å². The Bertz CT molecular complexity index is 319. The van der Waals surface area contributed by atoms with Crippen molar-refractivity contribution in [1.29, 1.82) is 0 Å². The van der Waals surface area contributed by atoms with Crippen molar-refractivity contribution in [3.63, 3.8) is 0 Å². The normalized spacial score (nSPS) is 17.1. The summed E-state index contributed by atoms with van der Waals surface area (Å²) in [5, 5.41) is 9.40. The average Bonchev–Trinajstić information content (AvgIpc) is 2.23. The first-order valence-electron chi connectivity index (χ1n) is 4.90. The molecule has 76 valence electrons. The Balaban J connectivity index is 2.18. The summed E-state index contributed by atoms with van der Waals surface area (Å²) in [6.07, 6.45) is 0. The molecule has 0 aromatic heterocycles. The van der Waals surface area contributed by atoms with Gasteiger partial charge < -0.3 is 14.7 Å². The number of benzene rings is 1. The second-order valence-corrected chi connectivity index (χ2v) is 3.57. The second-order valence-electron chi connectivity index (χ2n) is 3.57. The van der Waals surface area contributed by atoms with E-state index < -0.39 is 0 Å². The number of nitrogens with zero attached hydrogens (tertiary/aromatic N) is 1. The van der Waals surface area contributed by atoms with Gasteiger partial charge in [-0.3, -0.25) is 0 Å². The van der Waals surface area contributed by atoms with Crippen LogP contribution in [0.25, 0.3) is 0 Å². The maximum absolute atomic E-state index is 9.40. The molecule has 0 bridgehead atoms. The fourth-order valence-electron chi connectivity index (χ4n) is 1.66. The quantitative estimate of drug-likeness (QED) is 0.734. The molecule has 1 aromatic rings. The number of morpholine rings is 1. The molecular formula is C11H15NO2. The van der Waals surface area contributed by atoms with Crippen molar-refractivity contribution in [1.82, 2.24) is 0 Å². The number of phenols is 1. The Hall–Kier alpha value is -1.22. The smallest absolute Gasteiger partial charge is 0.118 e. The maximum atomic E-state index is 9.40. The van der Waals surface area contributed by atoms with Gasteiger partial charge in [-0.05, 0) is 30.7 Å². The zero-order valence-corrected chi connectivity index (χ0v) is 8.36. The van der Waals surface area contributed by atoms with Crippen molar-refractivity contribution in [2.75, 3.05) is 31.2 Å². The van der Waals surface area contributed by atoms with E-state index in [1.54, 1.807) is 6.07 Å². The lowest BCUT2D eigenvalue weighted by atomic mass is 10.2. The van der Waals surface area contributed by atoms with Gasteiger partial charge in [0, 0.05) is 18.8 Å². The molecule has 1 fully saturated rings. The molecule has 0 spiro atoms. The highest BCUT2D eigenvalue weighted by molar-refractivity contribution is 5.52. The van der Waals surface area contributed by atoms with Crippen LogP contribution >= 0.6 is 0 Å². The summed E-state index contributed by atoms with van der Waals surface area (Å²) < 4.78 is 5.28. The number of phenolic OH excluding ortho intramolecular Hbond substituents is 1. The molecular weight excluding hydrogens is 178 g/mol. The zero-order valence-electron chi connectivity index (χ0n) is 8.36. The standard InChI is InChI=1S/C11H15NO2/c1-9-8-10(2-3-11(9)13)12-4-6-14-7-5-12/h2-3,8,13H,4-7H2,1H3. The summed E-state index contributed by atoms with van der Waals surface area (Å²) in [6, 6.07) is 5.72. The third kappa shape index (κ3) is 1.82. The Kier molecular flexibility index (Phi) is 2.59. The molecule has 0 aliphatic carbocycles. The minimum Gasteiger partial charge on any atom is -0.508 e. The zero-order chi connectivity index (χ0) is 9.97. The molecule has 1 aromatic carbocycles. The molecule has 1 aliphatic heterocycles. The summed E-state index contributed by atoms with van der Waals surface area (Å²) in [5.41, 5.74) is 2.09. The van der Waals surface area contributed by atoms with Crippen LogP contribution in [-0.4, -0.2) is 31.4 Å². The summed E-state index contributed by atoms with van der Waals surface area (Å²) in [5.74, 6) is 0.363. The second kappa shape index (κ2) is 3.88. The van der Waals surface area contributed by atoms with Crippen molar-refractivity contribution in [2.45, 2.75) is 6.92 Å². The molecule has 0 atom stereocenters. The Morgan fingerprint density at radius 2 is 2.00 bits per heavy atom. The lowest BCUT2D eigenvalue weighted by Gasteiger charge is -2.29. The van der Waals surface area contributed by atoms with E-state index in [0.717, 1.165) is 31.9 Å². The van der Waals surface area contributed by atoms with E-state index in [9.17, 15) is 5.11 Å². The first-order valence-corrected chi connectivity index (χ1v) is 4.90. The van der Waals surface area contributed by atoms with Gasteiger partial charge in [-0.1, -0.05) is 0 Å². The van der Waals surface area contributed by atoms with Gasteiger partial charge in [-0.15, -0.1) is 0 Å². The van der Waals surface area contributed by atoms with Gasteiger partial charge in [0.05, 0.1) is 13.2 Å². The van der Waals surface area contributed by atoms with Crippen LogP contribution in [0, 0.1) is 6.92 Å². The highest BCUT2D eigenvalue weighted by Crippen LogP contribution is 2.23. The van der Waals surface area contributed by atoms with Gasteiger partial charge in [0.15, 0.2) is 0 Å². The SMILES string of the molecule is Cc1cc(N2CCOCC2)ccc1O. The molecule has 1 aliphatic rings. The van der Waals surface area contributed by atoms with E-state index in [-0.39, 0.29) is 0 Å². The largest absolute Gasteiger partial charge is 0.508 e. The topological polar surface area (TPSA) is 32.7 Å². The third-order valence-corrected chi connectivity index (χ3v) is 2.56. The number of rotatable bonds is 1. The Morgan fingerprint density at radius 3 is 2.64 bits per heavy atom. The van der Waals surface area contributed by atoms with Crippen LogP contribution in [0.5, 0.6) is 5.75 Å². The van der Waals surface area contributed by atoms with Gasteiger partial charge in [0.1, 0.15) is 5.75 Å². The molecule has 3 nitrogen and oxygen atoms in total. The van der Waals surface area contributed by atoms with Crippen LogP contribution in [-0.2, 0) is 4.74 Å². The fourth-order valence-corrected chi connectivity index (χ4v) is 1.66. The van der Waals surface area contributed by atoms with Gasteiger partial charge >= 0.3 is 0 Å². The van der Waals surface area contributed by atoms with Crippen LogP contribution < -0.4 is 4.90 Å². The van der Waals surface area contributed by atoms with Crippen molar-refractivity contribution >= 4 is 5.69 Å². The molecule has 0 unspecified atom stereocenters. The molecule has 14 heavy (non-hydrogen) atoms. The van der Waals surface area contributed by atoms with E-state index in [1.165, 1.54) is 5.69 Å².